The van der Waals surface area contributed by atoms with Gasteiger partial charge in [-0.05, 0) is 18.2 Å². The number of benzene rings is 1. The van der Waals surface area contributed by atoms with Crippen LogP contribution in [0.15, 0.2) is 40.9 Å². The van der Waals surface area contributed by atoms with Crippen molar-refractivity contribution in [3.8, 4) is 5.75 Å². The van der Waals surface area contributed by atoms with Gasteiger partial charge < -0.3 is 4.74 Å². The Balaban J connectivity index is 2.68. The number of rotatable bonds is 4. The average molecular weight is 210 g/mol. The Hall–Kier alpha value is -1.57. The van der Waals surface area contributed by atoms with Crippen LogP contribution in [-0.4, -0.2) is 12.7 Å². The molecule has 4 heteroatoms. The highest BCUT2D eigenvalue weighted by Gasteiger charge is 1.93. The normalized spacial score (nSPS) is 9.79. The van der Waals surface area contributed by atoms with Gasteiger partial charge in [-0.3, -0.25) is 0 Å². The van der Waals surface area contributed by atoms with Gasteiger partial charge in [0, 0.05) is 11.6 Å². The highest BCUT2D eigenvalue weighted by molar-refractivity contribution is 6.25. The molecule has 14 heavy (non-hydrogen) atoms. The van der Waals surface area contributed by atoms with Crippen molar-refractivity contribution in [1.82, 2.24) is 0 Å². The first-order chi connectivity index (χ1) is 6.86. The summed E-state index contributed by atoms with van der Waals surface area (Å²) in [5.74, 6) is 0.635. The lowest BCUT2D eigenvalue weighted by atomic mass is 10.3. The van der Waals surface area contributed by atoms with Crippen LogP contribution in [0.2, 0.25) is 0 Å². The van der Waals surface area contributed by atoms with E-state index in [0.717, 1.165) is 0 Å². The number of nitrogens with zero attached hydrogens (tertiary/aromatic N) is 1. The number of hydrogen-bond donors (Lipinski definition) is 0. The van der Waals surface area contributed by atoms with E-state index in [0.29, 0.717) is 18.0 Å². The SMILES string of the molecule is O=C=Nc1cccc(OC/C=C/Cl)c1. The zero-order valence-electron chi connectivity index (χ0n) is 7.31. The number of ether oxygens (including phenoxy) is 1. The van der Waals surface area contributed by atoms with Crippen molar-refractivity contribution in [2.24, 2.45) is 4.99 Å². The van der Waals surface area contributed by atoms with Crippen molar-refractivity contribution >= 4 is 23.4 Å². The van der Waals surface area contributed by atoms with Gasteiger partial charge in [-0.2, -0.15) is 4.99 Å². The number of carbonyl (C=O) groups excluding carboxylic acids is 1. The van der Waals surface area contributed by atoms with Crippen LogP contribution in [0, 0.1) is 0 Å². The van der Waals surface area contributed by atoms with E-state index in [1.54, 1.807) is 30.3 Å². The molecular weight excluding hydrogens is 202 g/mol. The predicted molar refractivity (Wildman–Crippen MR) is 54.7 cm³/mol. The molecule has 0 bridgehead atoms. The summed E-state index contributed by atoms with van der Waals surface area (Å²) < 4.78 is 5.27. The van der Waals surface area contributed by atoms with Gasteiger partial charge in [0.2, 0.25) is 6.08 Å². The summed E-state index contributed by atoms with van der Waals surface area (Å²) in [6, 6.07) is 6.85. The summed E-state index contributed by atoms with van der Waals surface area (Å²) in [5, 5.41) is 0. The van der Waals surface area contributed by atoms with Crippen molar-refractivity contribution in [2.45, 2.75) is 0 Å². The zero-order chi connectivity index (χ0) is 10.2. The maximum absolute atomic E-state index is 9.98. The van der Waals surface area contributed by atoms with E-state index in [-0.39, 0.29) is 0 Å². The summed E-state index contributed by atoms with van der Waals surface area (Å²) in [4.78, 5) is 13.5. The molecule has 1 aromatic rings. The molecule has 0 radical (unpaired) electrons. The summed E-state index contributed by atoms with van der Waals surface area (Å²) in [7, 11) is 0. The minimum atomic E-state index is 0.387. The molecule has 0 aromatic heterocycles. The van der Waals surface area contributed by atoms with Crippen molar-refractivity contribution in [3.05, 3.63) is 35.9 Å². The monoisotopic (exact) mass is 209 g/mol. The molecule has 0 aliphatic heterocycles. The van der Waals surface area contributed by atoms with Gasteiger partial charge >= 0.3 is 0 Å². The predicted octanol–water partition coefficient (Wildman–Crippen LogP) is 2.79. The van der Waals surface area contributed by atoms with Gasteiger partial charge in [0.25, 0.3) is 0 Å². The van der Waals surface area contributed by atoms with E-state index in [1.807, 2.05) is 0 Å². The molecule has 0 saturated heterocycles. The summed E-state index contributed by atoms with van der Waals surface area (Å²) >= 11 is 5.32. The van der Waals surface area contributed by atoms with E-state index < -0.39 is 0 Å². The van der Waals surface area contributed by atoms with Crippen molar-refractivity contribution in [3.63, 3.8) is 0 Å². The molecule has 0 N–H and O–H groups in total. The molecule has 0 unspecified atom stereocenters. The second-order valence-corrected chi connectivity index (χ2v) is 2.63. The Morgan fingerprint density at radius 3 is 3.14 bits per heavy atom. The standard InChI is InChI=1S/C10H8ClNO2/c11-5-2-6-14-10-4-1-3-9(7-10)12-8-13/h1-5,7H,6H2/b5-2+. The zero-order valence-corrected chi connectivity index (χ0v) is 8.07. The van der Waals surface area contributed by atoms with Crippen LogP contribution < -0.4 is 4.74 Å². The summed E-state index contributed by atoms with van der Waals surface area (Å²) in [5.41, 5.74) is 1.90. The van der Waals surface area contributed by atoms with Crippen molar-refractivity contribution in [1.29, 1.82) is 0 Å². The Labute approximate surface area is 86.7 Å². The maximum Gasteiger partial charge on any atom is 0.240 e. The Kier molecular flexibility index (Phi) is 4.48. The fourth-order valence-electron chi connectivity index (χ4n) is 0.876. The molecule has 0 saturated carbocycles. The first kappa shape index (κ1) is 10.5. The van der Waals surface area contributed by atoms with Gasteiger partial charge in [-0.15, -0.1) is 0 Å². The lowest BCUT2D eigenvalue weighted by Gasteiger charge is -2.02. The molecule has 1 rings (SSSR count). The lowest BCUT2D eigenvalue weighted by molar-refractivity contribution is 0.363. The van der Waals surface area contributed by atoms with Crippen LogP contribution in [0.1, 0.15) is 0 Å². The molecule has 0 heterocycles. The number of aliphatic imine (C=N–C) groups is 1. The quantitative estimate of drug-likeness (QED) is 0.565. The van der Waals surface area contributed by atoms with E-state index in [4.69, 9.17) is 16.3 Å². The molecule has 0 amide bonds. The molecule has 0 fully saturated rings. The molecule has 72 valence electrons. The minimum Gasteiger partial charge on any atom is -0.489 e. The average Bonchev–Trinajstić information content (AvgIpc) is 2.19. The van der Waals surface area contributed by atoms with Gasteiger partial charge in [0.15, 0.2) is 0 Å². The smallest absolute Gasteiger partial charge is 0.240 e. The van der Waals surface area contributed by atoms with Crippen LogP contribution in [0.5, 0.6) is 5.75 Å². The van der Waals surface area contributed by atoms with Gasteiger partial charge in [-0.25, -0.2) is 4.79 Å². The topological polar surface area (TPSA) is 38.7 Å². The molecule has 1 aromatic carbocycles. The number of isocyanates is 1. The summed E-state index contributed by atoms with van der Waals surface area (Å²) in [6.45, 7) is 0.387. The van der Waals surface area contributed by atoms with E-state index >= 15 is 0 Å². The van der Waals surface area contributed by atoms with E-state index in [1.165, 1.54) is 11.6 Å². The van der Waals surface area contributed by atoms with Gasteiger partial charge in [0.05, 0.1) is 5.69 Å². The highest BCUT2D eigenvalue weighted by atomic mass is 35.5. The highest BCUT2D eigenvalue weighted by Crippen LogP contribution is 2.19. The van der Waals surface area contributed by atoms with Crippen LogP contribution in [-0.2, 0) is 4.79 Å². The Morgan fingerprint density at radius 1 is 1.57 bits per heavy atom. The summed E-state index contributed by atoms with van der Waals surface area (Å²) in [6.07, 6.45) is 3.13. The van der Waals surface area contributed by atoms with Crippen LogP contribution >= 0.6 is 11.6 Å². The van der Waals surface area contributed by atoms with E-state index in [9.17, 15) is 4.79 Å². The molecule has 0 aliphatic carbocycles. The van der Waals surface area contributed by atoms with Gasteiger partial charge in [0.1, 0.15) is 12.4 Å². The number of hydrogen-bond acceptors (Lipinski definition) is 3. The second kappa shape index (κ2) is 5.97. The van der Waals surface area contributed by atoms with Crippen LogP contribution in [0.25, 0.3) is 0 Å². The largest absolute Gasteiger partial charge is 0.489 e. The lowest BCUT2D eigenvalue weighted by Crippen LogP contribution is -1.91. The number of halogens is 1. The first-order valence-corrected chi connectivity index (χ1v) is 4.36. The second-order valence-electron chi connectivity index (χ2n) is 2.37. The molecule has 0 atom stereocenters. The van der Waals surface area contributed by atoms with Gasteiger partial charge in [-0.1, -0.05) is 17.7 Å². The maximum atomic E-state index is 9.98. The van der Waals surface area contributed by atoms with Crippen LogP contribution in [0.4, 0.5) is 5.69 Å². The minimum absolute atomic E-state index is 0.387. The fourth-order valence-corrected chi connectivity index (χ4v) is 0.949. The van der Waals surface area contributed by atoms with E-state index in [2.05, 4.69) is 4.99 Å². The third-order valence-corrected chi connectivity index (χ3v) is 1.61. The Morgan fingerprint density at radius 2 is 2.43 bits per heavy atom. The third-order valence-electron chi connectivity index (χ3n) is 1.43. The molecule has 0 spiro atoms. The fraction of sp³-hybridized carbons (Fsp3) is 0.100. The first-order valence-electron chi connectivity index (χ1n) is 3.93. The van der Waals surface area contributed by atoms with Crippen molar-refractivity contribution in [2.75, 3.05) is 6.61 Å². The van der Waals surface area contributed by atoms with Crippen molar-refractivity contribution < 1.29 is 9.53 Å². The molecule has 0 aliphatic rings. The third kappa shape index (κ3) is 3.44. The molecule has 3 nitrogen and oxygen atoms in total. The molecular formula is C10H8ClNO2. The van der Waals surface area contributed by atoms with Crippen LogP contribution in [0.3, 0.4) is 0 Å². The Bertz CT molecular complexity index is 370.